The molecule has 0 spiro atoms. The van der Waals surface area contributed by atoms with Crippen LogP contribution in [-0.4, -0.2) is 18.7 Å². The van der Waals surface area contributed by atoms with Gasteiger partial charge < -0.3 is 10.1 Å². The lowest BCUT2D eigenvalue weighted by Crippen LogP contribution is -2.48. The van der Waals surface area contributed by atoms with Crippen LogP contribution >= 0.6 is 0 Å². The molecule has 1 aliphatic carbocycles. The van der Waals surface area contributed by atoms with E-state index in [2.05, 4.69) is 49.5 Å². The van der Waals surface area contributed by atoms with Crippen molar-refractivity contribution in [2.45, 2.75) is 63.5 Å². The van der Waals surface area contributed by atoms with E-state index >= 15 is 0 Å². The Morgan fingerprint density at radius 1 is 1.43 bits per heavy atom. The van der Waals surface area contributed by atoms with E-state index in [4.69, 9.17) is 4.74 Å². The Bertz CT molecular complexity index is 491. The van der Waals surface area contributed by atoms with Crippen LogP contribution in [0.5, 0.6) is 5.75 Å². The Hall–Kier alpha value is -1.53. The van der Waals surface area contributed by atoms with Crippen molar-refractivity contribution in [3.63, 3.8) is 0 Å². The lowest BCUT2D eigenvalue weighted by Gasteiger charge is -2.35. The molecule has 1 aliphatic rings. The number of nitrogens with one attached hydrogen (secondary N) is 1. The minimum absolute atomic E-state index is 0.125. The molecule has 1 N–H and O–H groups in total. The van der Waals surface area contributed by atoms with Crippen LogP contribution in [0.2, 0.25) is 0 Å². The summed E-state index contributed by atoms with van der Waals surface area (Å²) in [5, 5.41) is 12.6. The molecule has 0 aliphatic heterocycles. The van der Waals surface area contributed by atoms with Gasteiger partial charge in [-0.25, -0.2) is 0 Å². The van der Waals surface area contributed by atoms with Crippen LogP contribution in [0, 0.1) is 11.3 Å². The minimum Gasteiger partial charge on any atom is -0.490 e. The highest BCUT2D eigenvalue weighted by molar-refractivity contribution is 5.29. The van der Waals surface area contributed by atoms with E-state index < -0.39 is 5.54 Å². The second kappa shape index (κ2) is 6.95. The molecule has 21 heavy (non-hydrogen) atoms. The third-order valence-corrected chi connectivity index (χ3v) is 4.76. The van der Waals surface area contributed by atoms with Crippen molar-refractivity contribution < 1.29 is 4.74 Å². The summed E-state index contributed by atoms with van der Waals surface area (Å²) in [6.45, 7) is 4.45. The van der Waals surface area contributed by atoms with Crippen LogP contribution in [0.25, 0.3) is 0 Å². The van der Waals surface area contributed by atoms with Crippen LogP contribution in [0.3, 0.4) is 0 Å². The van der Waals surface area contributed by atoms with E-state index in [1.54, 1.807) is 0 Å². The zero-order chi connectivity index (χ0) is 15.3. The van der Waals surface area contributed by atoms with Crippen molar-refractivity contribution in [1.82, 2.24) is 5.32 Å². The van der Waals surface area contributed by atoms with E-state index in [1.807, 2.05) is 7.05 Å². The summed E-state index contributed by atoms with van der Waals surface area (Å²) in [6, 6.07) is 10.9. The Kier molecular flexibility index (Phi) is 5.25. The number of hydrogen-bond donors (Lipinski definition) is 1. The van der Waals surface area contributed by atoms with Crippen LogP contribution in [0.15, 0.2) is 24.3 Å². The Balaban J connectivity index is 2.00. The van der Waals surface area contributed by atoms with Crippen LogP contribution < -0.4 is 10.1 Å². The average Bonchev–Trinajstić information content (AvgIpc) is 2.55. The maximum absolute atomic E-state index is 9.38. The molecule has 1 aromatic rings. The molecule has 3 unspecified atom stereocenters. The monoisotopic (exact) mass is 286 g/mol. The summed E-state index contributed by atoms with van der Waals surface area (Å²) >= 11 is 0. The standard InChI is InChI=1S/C18H26N2O/c1-4-14(2)15-7-9-16(10-8-15)21-17-6-5-11-18(12-17,13-19)20-3/h7-10,14,17,20H,4-6,11-12H2,1-3H3. The number of hydrogen-bond acceptors (Lipinski definition) is 3. The molecule has 1 saturated carbocycles. The highest BCUT2D eigenvalue weighted by Gasteiger charge is 2.36. The number of nitriles is 1. The molecule has 3 atom stereocenters. The lowest BCUT2D eigenvalue weighted by atomic mass is 9.81. The molecule has 1 fully saturated rings. The highest BCUT2D eigenvalue weighted by Crippen LogP contribution is 2.31. The number of ether oxygens (including phenoxy) is 1. The van der Waals surface area contributed by atoms with Gasteiger partial charge in [0.2, 0.25) is 0 Å². The predicted molar refractivity (Wildman–Crippen MR) is 85.4 cm³/mol. The normalized spacial score (nSPS) is 26.9. The van der Waals surface area contributed by atoms with Crippen molar-refractivity contribution in [2.24, 2.45) is 0 Å². The molecule has 0 aromatic heterocycles. The van der Waals surface area contributed by atoms with Gasteiger partial charge in [0.1, 0.15) is 17.4 Å². The summed E-state index contributed by atoms with van der Waals surface area (Å²) in [4.78, 5) is 0. The highest BCUT2D eigenvalue weighted by atomic mass is 16.5. The maximum Gasteiger partial charge on any atom is 0.119 e. The average molecular weight is 286 g/mol. The summed E-state index contributed by atoms with van der Waals surface area (Å²) < 4.78 is 6.09. The van der Waals surface area contributed by atoms with Crippen molar-refractivity contribution in [3.05, 3.63) is 29.8 Å². The molecule has 0 radical (unpaired) electrons. The fraction of sp³-hybridized carbons (Fsp3) is 0.611. The molecule has 0 heterocycles. The van der Waals surface area contributed by atoms with Gasteiger partial charge in [-0.15, -0.1) is 0 Å². The van der Waals surface area contributed by atoms with Crippen LogP contribution in [-0.2, 0) is 0 Å². The quantitative estimate of drug-likeness (QED) is 0.889. The second-order valence-electron chi connectivity index (χ2n) is 6.16. The Morgan fingerprint density at radius 3 is 2.71 bits per heavy atom. The van der Waals surface area contributed by atoms with Crippen molar-refractivity contribution >= 4 is 0 Å². The fourth-order valence-electron chi connectivity index (χ4n) is 3.01. The summed E-state index contributed by atoms with van der Waals surface area (Å²) in [7, 11) is 1.87. The van der Waals surface area contributed by atoms with Crippen molar-refractivity contribution in [3.8, 4) is 11.8 Å². The number of nitrogens with zero attached hydrogens (tertiary/aromatic N) is 1. The summed E-state index contributed by atoms with van der Waals surface area (Å²) in [5.74, 6) is 1.50. The third kappa shape index (κ3) is 3.77. The molecule has 114 valence electrons. The van der Waals surface area contributed by atoms with Gasteiger partial charge in [0.15, 0.2) is 0 Å². The Labute approximate surface area is 128 Å². The van der Waals surface area contributed by atoms with Gasteiger partial charge in [-0.3, -0.25) is 0 Å². The van der Waals surface area contributed by atoms with Gasteiger partial charge in [-0.1, -0.05) is 26.0 Å². The zero-order valence-electron chi connectivity index (χ0n) is 13.4. The molecule has 3 heteroatoms. The first-order chi connectivity index (χ1) is 10.1. The maximum atomic E-state index is 9.38. The molecule has 1 aromatic carbocycles. The molecule has 3 nitrogen and oxygen atoms in total. The summed E-state index contributed by atoms with van der Waals surface area (Å²) in [6.07, 6.45) is 5.00. The van der Waals surface area contributed by atoms with Crippen molar-refractivity contribution in [1.29, 1.82) is 5.26 Å². The first-order valence-corrected chi connectivity index (χ1v) is 7.99. The van der Waals surface area contributed by atoms with E-state index in [0.717, 1.165) is 37.9 Å². The zero-order valence-corrected chi connectivity index (χ0v) is 13.4. The van der Waals surface area contributed by atoms with E-state index in [-0.39, 0.29) is 6.10 Å². The summed E-state index contributed by atoms with van der Waals surface area (Å²) in [5.41, 5.74) is 0.939. The molecule has 0 saturated heterocycles. The van der Waals surface area contributed by atoms with Gasteiger partial charge >= 0.3 is 0 Å². The van der Waals surface area contributed by atoms with Crippen LogP contribution in [0.1, 0.15) is 57.4 Å². The number of benzene rings is 1. The first kappa shape index (κ1) is 15.9. The van der Waals surface area contributed by atoms with E-state index in [1.165, 1.54) is 5.56 Å². The first-order valence-electron chi connectivity index (χ1n) is 7.99. The smallest absolute Gasteiger partial charge is 0.119 e. The van der Waals surface area contributed by atoms with Gasteiger partial charge in [0.25, 0.3) is 0 Å². The van der Waals surface area contributed by atoms with Crippen molar-refractivity contribution in [2.75, 3.05) is 7.05 Å². The predicted octanol–water partition coefficient (Wildman–Crippen LogP) is 4.00. The third-order valence-electron chi connectivity index (χ3n) is 4.76. The van der Waals surface area contributed by atoms with Gasteiger partial charge in [0.05, 0.1) is 6.07 Å². The van der Waals surface area contributed by atoms with E-state index in [9.17, 15) is 5.26 Å². The molecule has 0 amide bonds. The molecular weight excluding hydrogens is 260 g/mol. The van der Waals surface area contributed by atoms with Gasteiger partial charge in [-0.05, 0) is 56.3 Å². The molecule has 2 rings (SSSR count). The second-order valence-corrected chi connectivity index (χ2v) is 6.16. The molecule has 0 bridgehead atoms. The minimum atomic E-state index is -0.417. The largest absolute Gasteiger partial charge is 0.490 e. The fourth-order valence-corrected chi connectivity index (χ4v) is 3.01. The van der Waals surface area contributed by atoms with Gasteiger partial charge in [-0.2, -0.15) is 5.26 Å². The van der Waals surface area contributed by atoms with Gasteiger partial charge in [0, 0.05) is 6.42 Å². The topological polar surface area (TPSA) is 45.0 Å². The van der Waals surface area contributed by atoms with E-state index in [0.29, 0.717) is 5.92 Å². The SMILES string of the molecule is CCC(C)c1ccc(OC2CCCC(C#N)(NC)C2)cc1. The number of rotatable bonds is 5. The lowest BCUT2D eigenvalue weighted by molar-refractivity contribution is 0.116. The molecular formula is C18H26N2O. The Morgan fingerprint density at radius 2 is 2.14 bits per heavy atom. The van der Waals surface area contributed by atoms with Crippen LogP contribution in [0.4, 0.5) is 0 Å².